The van der Waals surface area contributed by atoms with E-state index in [1.54, 1.807) is 0 Å². The molecule has 0 aliphatic carbocycles. The van der Waals surface area contributed by atoms with E-state index in [9.17, 15) is 0 Å². The molecule has 0 fully saturated rings. The monoisotopic (exact) mass is 382 g/mol. The molecule has 1 heterocycles. The largest absolute Gasteiger partial charge is 0.457 e. The minimum Gasteiger partial charge on any atom is -0.457 e. The molecule has 0 bridgehead atoms. The topological polar surface area (TPSA) is 24.8 Å². The second-order valence-corrected chi connectivity index (χ2v) is 7.98. The Labute approximate surface area is 173 Å². The highest BCUT2D eigenvalue weighted by atomic mass is 16.5. The van der Waals surface area contributed by atoms with Crippen molar-refractivity contribution < 1.29 is 4.74 Å². The van der Waals surface area contributed by atoms with E-state index < -0.39 is 0 Å². The number of nitrogens with zero attached hydrogens (tertiary/aromatic N) is 2. The quantitative estimate of drug-likeness (QED) is 0.460. The lowest BCUT2D eigenvalue weighted by molar-refractivity contribution is 0.483. The maximum absolute atomic E-state index is 5.83. The molecule has 0 unspecified atom stereocenters. The van der Waals surface area contributed by atoms with Gasteiger partial charge in [0.2, 0.25) is 0 Å². The van der Waals surface area contributed by atoms with Crippen LogP contribution in [-0.4, -0.2) is 18.8 Å². The van der Waals surface area contributed by atoms with E-state index in [0.29, 0.717) is 0 Å². The number of anilines is 1. The molecule has 0 N–H and O–H groups in total. The Balaban J connectivity index is 1.51. The summed E-state index contributed by atoms with van der Waals surface area (Å²) in [6, 6.07) is 24.1. The molecule has 0 saturated heterocycles. The molecule has 3 nitrogen and oxygen atoms in total. The van der Waals surface area contributed by atoms with Crippen LogP contribution in [0.3, 0.4) is 0 Å². The van der Waals surface area contributed by atoms with E-state index in [1.165, 1.54) is 16.8 Å². The molecule has 0 amide bonds. The molecular formula is C26H26N2O. The third kappa shape index (κ3) is 4.09. The van der Waals surface area contributed by atoms with Gasteiger partial charge in [0.25, 0.3) is 0 Å². The number of aliphatic imine (C=N–C) groups is 1. The fraction of sp³-hybridized carbons (Fsp3) is 0.192. The lowest BCUT2D eigenvalue weighted by Gasteiger charge is -2.40. The molecule has 0 atom stereocenters. The van der Waals surface area contributed by atoms with Crippen LogP contribution in [0, 0.1) is 0 Å². The Kier molecular flexibility index (Phi) is 4.98. The van der Waals surface area contributed by atoms with Crippen molar-refractivity contribution in [3.8, 4) is 11.5 Å². The minimum absolute atomic E-state index is 0.0241. The highest BCUT2D eigenvalue weighted by molar-refractivity contribution is 5.88. The van der Waals surface area contributed by atoms with Gasteiger partial charge in [0.1, 0.15) is 11.5 Å². The molecule has 3 heteroatoms. The van der Waals surface area contributed by atoms with Gasteiger partial charge in [0.15, 0.2) is 0 Å². The number of hydrogen-bond donors (Lipinski definition) is 0. The average Bonchev–Trinajstić information content (AvgIpc) is 2.72. The van der Waals surface area contributed by atoms with Crippen LogP contribution in [0.2, 0.25) is 0 Å². The summed E-state index contributed by atoms with van der Waals surface area (Å²) in [4.78, 5) is 6.95. The van der Waals surface area contributed by atoms with Crippen molar-refractivity contribution in [3.05, 3.63) is 90.0 Å². The van der Waals surface area contributed by atoms with Gasteiger partial charge < -0.3 is 9.64 Å². The van der Waals surface area contributed by atoms with Gasteiger partial charge in [-0.05, 0) is 80.4 Å². The normalized spacial score (nSPS) is 15.2. The molecule has 146 valence electrons. The number of likely N-dealkylation sites (N-methyl/N-ethyl adjacent to an activating group) is 1. The molecule has 3 aromatic carbocycles. The van der Waals surface area contributed by atoms with Crippen molar-refractivity contribution in [1.29, 1.82) is 0 Å². The summed E-state index contributed by atoms with van der Waals surface area (Å²) < 4.78 is 5.83. The maximum atomic E-state index is 5.83. The van der Waals surface area contributed by atoms with Gasteiger partial charge in [0.05, 0.1) is 11.2 Å². The van der Waals surface area contributed by atoms with Gasteiger partial charge >= 0.3 is 0 Å². The van der Waals surface area contributed by atoms with Crippen molar-refractivity contribution in [2.24, 2.45) is 4.99 Å². The van der Waals surface area contributed by atoms with E-state index in [4.69, 9.17) is 4.74 Å². The van der Waals surface area contributed by atoms with Crippen LogP contribution in [0.4, 0.5) is 11.4 Å². The van der Waals surface area contributed by atoms with Crippen LogP contribution in [0.1, 0.15) is 31.9 Å². The molecule has 29 heavy (non-hydrogen) atoms. The number of benzene rings is 3. The van der Waals surface area contributed by atoms with Crippen molar-refractivity contribution in [1.82, 2.24) is 0 Å². The summed E-state index contributed by atoms with van der Waals surface area (Å²) in [6.45, 7) is 6.65. The molecular weight excluding hydrogens is 356 g/mol. The van der Waals surface area contributed by atoms with E-state index >= 15 is 0 Å². The maximum Gasteiger partial charge on any atom is 0.127 e. The average molecular weight is 383 g/mol. The molecule has 1 aliphatic rings. The zero-order valence-corrected chi connectivity index (χ0v) is 17.4. The zero-order valence-electron chi connectivity index (χ0n) is 17.4. The van der Waals surface area contributed by atoms with Gasteiger partial charge in [-0.2, -0.15) is 0 Å². The summed E-state index contributed by atoms with van der Waals surface area (Å²) in [7, 11) is 2.15. The van der Waals surface area contributed by atoms with Crippen LogP contribution >= 0.6 is 0 Å². The van der Waals surface area contributed by atoms with Crippen LogP contribution in [0.5, 0.6) is 11.5 Å². The summed E-state index contributed by atoms with van der Waals surface area (Å²) in [5.74, 6) is 1.63. The second-order valence-electron chi connectivity index (χ2n) is 7.98. The Hall–Kier alpha value is -3.33. The number of fused-ring (bicyclic) bond motifs is 1. The first kappa shape index (κ1) is 19.0. The highest BCUT2D eigenvalue weighted by Gasteiger charge is 2.28. The molecule has 0 aromatic heterocycles. The molecule has 0 saturated carbocycles. The Morgan fingerprint density at radius 1 is 0.897 bits per heavy atom. The minimum atomic E-state index is 0.0241. The van der Waals surface area contributed by atoms with Gasteiger partial charge in [0, 0.05) is 24.5 Å². The van der Waals surface area contributed by atoms with Crippen LogP contribution in [-0.2, 0) is 0 Å². The summed E-state index contributed by atoms with van der Waals surface area (Å²) in [5.41, 5.74) is 5.84. The fourth-order valence-electron chi connectivity index (χ4n) is 3.63. The first-order chi connectivity index (χ1) is 13.9. The SMILES string of the molecule is CC1=CC(C)(C)N(C)c2ccc(C=Nc3ccc(Oc4ccccc4)cc3)cc21. The third-order valence-corrected chi connectivity index (χ3v) is 5.42. The number of hydrogen-bond acceptors (Lipinski definition) is 3. The van der Waals surface area contributed by atoms with Gasteiger partial charge in [-0.3, -0.25) is 4.99 Å². The third-order valence-electron chi connectivity index (χ3n) is 5.42. The first-order valence-corrected chi connectivity index (χ1v) is 9.87. The summed E-state index contributed by atoms with van der Waals surface area (Å²) in [6.07, 6.45) is 4.24. The van der Waals surface area contributed by atoms with Crippen LogP contribution < -0.4 is 9.64 Å². The molecule has 0 radical (unpaired) electrons. The first-order valence-electron chi connectivity index (χ1n) is 9.87. The van der Waals surface area contributed by atoms with Gasteiger partial charge in [-0.25, -0.2) is 0 Å². The van der Waals surface area contributed by atoms with E-state index in [1.807, 2.05) is 60.8 Å². The van der Waals surface area contributed by atoms with Crippen molar-refractivity contribution >= 4 is 23.2 Å². The lowest BCUT2D eigenvalue weighted by Crippen LogP contribution is -2.42. The smallest absolute Gasteiger partial charge is 0.127 e. The second kappa shape index (κ2) is 7.59. The van der Waals surface area contributed by atoms with Crippen molar-refractivity contribution in [2.45, 2.75) is 26.3 Å². The van der Waals surface area contributed by atoms with E-state index in [2.05, 4.69) is 62.0 Å². The predicted molar refractivity (Wildman–Crippen MR) is 123 cm³/mol. The molecule has 0 spiro atoms. The van der Waals surface area contributed by atoms with Crippen LogP contribution in [0.25, 0.3) is 5.57 Å². The summed E-state index contributed by atoms with van der Waals surface area (Å²) >= 11 is 0. The number of para-hydroxylation sites is 1. The number of rotatable bonds is 4. The molecule has 3 aromatic rings. The standard InChI is InChI=1S/C26H26N2O/c1-19-17-26(2,3)28(4)25-15-10-20(16-24(19)25)18-27-21-11-13-23(14-12-21)29-22-8-6-5-7-9-22/h5-18H,1-4H3. The van der Waals surface area contributed by atoms with Crippen molar-refractivity contribution in [3.63, 3.8) is 0 Å². The van der Waals surface area contributed by atoms with E-state index in [-0.39, 0.29) is 5.54 Å². The van der Waals surface area contributed by atoms with Gasteiger partial charge in [-0.1, -0.05) is 30.3 Å². The van der Waals surface area contributed by atoms with Gasteiger partial charge in [-0.15, -0.1) is 0 Å². The highest BCUT2D eigenvalue weighted by Crippen LogP contribution is 2.38. The van der Waals surface area contributed by atoms with Crippen LogP contribution in [0.15, 0.2) is 83.9 Å². The zero-order chi connectivity index (χ0) is 20.4. The predicted octanol–water partition coefficient (Wildman–Crippen LogP) is 6.86. The molecule has 1 aliphatic heterocycles. The van der Waals surface area contributed by atoms with E-state index in [0.717, 1.165) is 22.7 Å². The number of allylic oxidation sites excluding steroid dienone is 1. The summed E-state index contributed by atoms with van der Waals surface area (Å²) in [5, 5.41) is 0. The number of ether oxygens (including phenoxy) is 1. The Bertz CT molecular complexity index is 1060. The fourth-order valence-corrected chi connectivity index (χ4v) is 3.63. The lowest BCUT2D eigenvalue weighted by atomic mass is 9.89. The Morgan fingerprint density at radius 2 is 1.59 bits per heavy atom. The Morgan fingerprint density at radius 3 is 2.31 bits per heavy atom. The molecule has 4 rings (SSSR count). The van der Waals surface area contributed by atoms with Crippen molar-refractivity contribution in [2.75, 3.05) is 11.9 Å².